The Bertz CT molecular complexity index is 861. The number of hydrogen-bond acceptors (Lipinski definition) is 9. The van der Waals surface area contributed by atoms with E-state index in [1.807, 2.05) is 6.07 Å². The van der Waals surface area contributed by atoms with Crippen LogP contribution in [0.25, 0.3) is 0 Å². The number of amides is 4. The Morgan fingerprint density at radius 1 is 1.54 bits per heavy atom. The fraction of sp³-hybridized carbons (Fsp3) is 0.417. The molecule has 140 valence electrons. The highest BCUT2D eigenvalue weighted by Gasteiger charge is 2.42. The van der Waals surface area contributed by atoms with Gasteiger partial charge in [-0.3, -0.25) is 14.5 Å². The van der Waals surface area contributed by atoms with Gasteiger partial charge >= 0.3 is 16.2 Å². The molecular weight excluding hydrogens is 404 g/mol. The molecule has 2 rings (SSSR count). The summed E-state index contributed by atoms with van der Waals surface area (Å²) in [5, 5.41) is 10.8. The minimum absolute atomic E-state index is 0.00882. The molecule has 1 fully saturated rings. The molecule has 1 aromatic heterocycles. The Morgan fingerprint density at radius 2 is 2.27 bits per heavy atom. The number of likely N-dealkylation sites (tertiary alicyclic amines) is 1. The van der Waals surface area contributed by atoms with Crippen molar-refractivity contribution in [2.45, 2.75) is 13.0 Å². The third-order valence-corrected chi connectivity index (χ3v) is 5.41. The van der Waals surface area contributed by atoms with Gasteiger partial charge in [0, 0.05) is 4.88 Å². The minimum Gasteiger partial charge on any atom is -0.342 e. The average molecular weight is 418 g/mol. The number of urea groups is 1. The molecule has 11 nitrogen and oxygen atoms in total. The second-order valence-corrected chi connectivity index (χ2v) is 8.47. The molecule has 4 amide bonds. The molecule has 1 aromatic rings. The lowest BCUT2D eigenvalue weighted by molar-refractivity contribution is -0.142. The predicted molar refractivity (Wildman–Crippen MR) is 94.5 cm³/mol. The van der Waals surface area contributed by atoms with E-state index in [1.165, 1.54) is 6.07 Å². The van der Waals surface area contributed by atoms with Crippen LogP contribution in [0, 0.1) is 18.3 Å². The lowest BCUT2D eigenvalue weighted by Crippen LogP contribution is -2.67. The Morgan fingerprint density at radius 3 is 2.85 bits per heavy atom. The van der Waals surface area contributed by atoms with Crippen molar-refractivity contribution in [3.63, 3.8) is 0 Å². The molecule has 1 atom stereocenters. The van der Waals surface area contributed by atoms with E-state index in [-0.39, 0.29) is 23.9 Å². The topological polar surface area (TPSA) is 161 Å². The summed E-state index contributed by atoms with van der Waals surface area (Å²) >= 11 is 2.17. The summed E-state index contributed by atoms with van der Waals surface area (Å²) in [4.78, 5) is 36.8. The first-order chi connectivity index (χ1) is 12.2. The van der Waals surface area contributed by atoms with Gasteiger partial charge in [-0.25, -0.2) is 14.2 Å². The van der Waals surface area contributed by atoms with Gasteiger partial charge in [-0.15, -0.1) is 11.8 Å². The van der Waals surface area contributed by atoms with Gasteiger partial charge in [-0.05, 0) is 24.5 Å². The summed E-state index contributed by atoms with van der Waals surface area (Å²) in [6.07, 6.45) is 0. The van der Waals surface area contributed by atoms with Gasteiger partial charge in [0.05, 0.1) is 24.1 Å². The number of imide groups is 1. The van der Waals surface area contributed by atoms with Crippen LogP contribution in [0.1, 0.15) is 4.88 Å². The second kappa shape index (κ2) is 8.34. The molecule has 14 heteroatoms. The van der Waals surface area contributed by atoms with Gasteiger partial charge in [0.2, 0.25) is 5.91 Å². The summed E-state index contributed by atoms with van der Waals surface area (Å²) in [6.45, 7) is 1.59. The molecule has 0 aromatic carbocycles. The maximum absolute atomic E-state index is 11.9. The van der Waals surface area contributed by atoms with Crippen LogP contribution in [0.2, 0.25) is 0 Å². The van der Waals surface area contributed by atoms with Gasteiger partial charge in [0.25, 0.3) is 5.91 Å². The van der Waals surface area contributed by atoms with Crippen molar-refractivity contribution in [2.75, 3.05) is 22.8 Å². The summed E-state index contributed by atoms with van der Waals surface area (Å²) in [5.74, 6) is -0.959. The van der Waals surface area contributed by atoms with E-state index in [0.717, 1.165) is 28.2 Å². The van der Waals surface area contributed by atoms with Crippen molar-refractivity contribution < 1.29 is 22.8 Å². The van der Waals surface area contributed by atoms with Crippen LogP contribution in [-0.4, -0.2) is 59.6 Å². The molecule has 0 spiro atoms. The number of anilines is 1. The number of rotatable bonds is 7. The first-order valence-electron chi connectivity index (χ1n) is 7.05. The van der Waals surface area contributed by atoms with Crippen molar-refractivity contribution in [3.8, 4) is 6.07 Å². The highest BCUT2D eigenvalue weighted by molar-refractivity contribution is 8.00. The Hall–Kier alpha value is -2.37. The van der Waals surface area contributed by atoms with Crippen LogP contribution in [0.15, 0.2) is 6.07 Å². The van der Waals surface area contributed by atoms with Gasteiger partial charge in [0.15, 0.2) is 5.82 Å². The van der Waals surface area contributed by atoms with Crippen molar-refractivity contribution in [3.05, 3.63) is 10.9 Å². The summed E-state index contributed by atoms with van der Waals surface area (Å²) in [5.41, 5.74) is 0. The smallest absolute Gasteiger partial charge is 0.339 e. The highest BCUT2D eigenvalue weighted by Crippen LogP contribution is 2.15. The SMILES string of the molecule is Cc1cc(NS(=O)(=O)NC(=O)N2CC(NC(=O)CSCC#N)C2=O)ns1. The lowest BCUT2D eigenvalue weighted by Gasteiger charge is -2.36. The van der Waals surface area contributed by atoms with E-state index in [0.29, 0.717) is 4.90 Å². The summed E-state index contributed by atoms with van der Waals surface area (Å²) in [7, 11) is -4.24. The molecule has 1 aliphatic heterocycles. The number of thioether (sulfide) groups is 1. The maximum atomic E-state index is 11.9. The van der Waals surface area contributed by atoms with Gasteiger partial charge in [-0.1, -0.05) is 0 Å². The zero-order valence-electron chi connectivity index (χ0n) is 13.4. The van der Waals surface area contributed by atoms with Crippen molar-refractivity contribution >= 4 is 57.2 Å². The molecule has 1 aliphatic rings. The second-order valence-electron chi connectivity index (χ2n) is 5.06. The van der Waals surface area contributed by atoms with Crippen LogP contribution in [0.5, 0.6) is 0 Å². The maximum Gasteiger partial charge on any atom is 0.339 e. The van der Waals surface area contributed by atoms with Crippen LogP contribution >= 0.6 is 23.3 Å². The molecule has 3 N–H and O–H groups in total. The van der Waals surface area contributed by atoms with E-state index in [1.54, 1.807) is 11.6 Å². The molecule has 0 saturated carbocycles. The predicted octanol–water partition coefficient (Wildman–Crippen LogP) is -0.598. The van der Waals surface area contributed by atoms with Gasteiger partial charge in [-0.2, -0.15) is 18.1 Å². The minimum atomic E-state index is -4.24. The third-order valence-electron chi connectivity index (χ3n) is 3.00. The molecule has 1 saturated heterocycles. The van der Waals surface area contributed by atoms with Gasteiger partial charge in [0.1, 0.15) is 6.04 Å². The molecule has 0 bridgehead atoms. The summed E-state index contributed by atoms with van der Waals surface area (Å²) < 4.78 is 31.3. The first-order valence-corrected chi connectivity index (χ1v) is 10.5. The molecular formula is C12H14N6O5S3. The van der Waals surface area contributed by atoms with Crippen molar-refractivity contribution in [1.29, 1.82) is 5.26 Å². The number of β-lactam (4-membered cyclic amide) rings is 1. The number of nitrogens with zero attached hydrogens (tertiary/aromatic N) is 3. The summed E-state index contributed by atoms with van der Waals surface area (Å²) in [6, 6.07) is 1.33. The van der Waals surface area contributed by atoms with Crippen molar-refractivity contribution in [2.24, 2.45) is 0 Å². The monoisotopic (exact) mass is 418 g/mol. The first kappa shape index (κ1) is 19.9. The number of nitrogens with one attached hydrogen (secondary N) is 3. The third kappa shape index (κ3) is 5.31. The van der Waals surface area contributed by atoms with E-state index < -0.39 is 34.1 Å². The number of aromatic nitrogens is 1. The number of hydrogen-bond donors (Lipinski definition) is 3. The number of carbonyl (C=O) groups is 3. The number of nitriles is 1. The number of aryl methyl sites for hydroxylation is 1. The molecule has 0 radical (unpaired) electrons. The van der Waals surface area contributed by atoms with E-state index in [2.05, 4.69) is 14.4 Å². The van der Waals surface area contributed by atoms with Crippen LogP contribution in [0.4, 0.5) is 10.6 Å². The van der Waals surface area contributed by atoms with E-state index >= 15 is 0 Å². The zero-order chi connectivity index (χ0) is 19.3. The Kier molecular flexibility index (Phi) is 6.40. The fourth-order valence-electron chi connectivity index (χ4n) is 1.89. The molecule has 26 heavy (non-hydrogen) atoms. The van der Waals surface area contributed by atoms with E-state index in [9.17, 15) is 22.8 Å². The highest BCUT2D eigenvalue weighted by atomic mass is 32.2. The van der Waals surface area contributed by atoms with E-state index in [4.69, 9.17) is 5.26 Å². The fourth-order valence-corrected chi connectivity index (χ4v) is 3.69. The molecule has 1 unspecified atom stereocenters. The standard InChI is InChI=1S/C12H14N6O5S3/c1-7-4-9(15-25-7)16-26(22,23)17-12(21)18-5-8(11(18)20)14-10(19)6-24-3-2-13/h4,8H,3,5-6H2,1H3,(H,14,19)(H,15,16)(H,17,21). The Balaban J connectivity index is 1.81. The molecule has 0 aliphatic carbocycles. The van der Waals surface area contributed by atoms with Crippen molar-refractivity contribution in [1.82, 2.24) is 19.3 Å². The van der Waals surface area contributed by atoms with Crippen LogP contribution in [0.3, 0.4) is 0 Å². The zero-order valence-corrected chi connectivity index (χ0v) is 15.8. The average Bonchev–Trinajstić information content (AvgIpc) is 2.94. The largest absolute Gasteiger partial charge is 0.342 e. The Labute approximate surface area is 157 Å². The normalized spacial score (nSPS) is 16.4. The van der Waals surface area contributed by atoms with Crippen LogP contribution < -0.4 is 14.8 Å². The van der Waals surface area contributed by atoms with Gasteiger partial charge < -0.3 is 5.32 Å². The lowest BCUT2D eigenvalue weighted by atomic mass is 10.1. The van der Waals surface area contributed by atoms with Crippen LogP contribution in [-0.2, 0) is 19.8 Å². The number of carbonyl (C=O) groups excluding carboxylic acids is 3. The quantitative estimate of drug-likeness (QED) is 0.391. The molecule has 2 heterocycles.